The Hall–Kier alpha value is -0.780. The molecule has 0 amide bonds. The summed E-state index contributed by atoms with van der Waals surface area (Å²) < 4.78 is 0. The highest BCUT2D eigenvalue weighted by atomic mass is 32.1. The minimum absolute atomic E-state index is 0.370. The van der Waals surface area contributed by atoms with E-state index in [1.165, 1.54) is 4.88 Å². The zero-order chi connectivity index (χ0) is 11.5. The van der Waals surface area contributed by atoms with Crippen LogP contribution in [0.25, 0.3) is 10.7 Å². The number of nitrogens with one attached hydrogen (secondary N) is 1. The van der Waals surface area contributed by atoms with Gasteiger partial charge in [-0.3, -0.25) is 0 Å². The monoisotopic (exact) mass is 253 g/mol. The molecule has 1 unspecified atom stereocenters. The third-order valence-electron chi connectivity index (χ3n) is 2.39. The van der Waals surface area contributed by atoms with E-state index in [0.717, 1.165) is 22.9 Å². The third kappa shape index (κ3) is 2.31. The topological polar surface area (TPSA) is 37.8 Å². The van der Waals surface area contributed by atoms with Crippen molar-refractivity contribution in [3.8, 4) is 10.7 Å². The van der Waals surface area contributed by atoms with Gasteiger partial charge in [0.05, 0.1) is 11.2 Å². The van der Waals surface area contributed by atoms with Crippen LogP contribution in [0.5, 0.6) is 0 Å². The lowest BCUT2D eigenvalue weighted by Crippen LogP contribution is -2.17. The predicted molar refractivity (Wildman–Crippen MR) is 70.1 cm³/mol. The summed E-state index contributed by atoms with van der Waals surface area (Å²) in [6.07, 6.45) is 0. The van der Waals surface area contributed by atoms with Crippen LogP contribution in [-0.2, 0) is 0 Å². The fourth-order valence-electron chi connectivity index (χ4n) is 1.64. The number of hydrogen-bond donors (Lipinski definition) is 1. The highest BCUT2D eigenvalue weighted by Gasteiger charge is 2.15. The molecule has 5 heteroatoms. The number of thiazole rings is 2. The molecule has 0 spiro atoms. The van der Waals surface area contributed by atoms with E-state index < -0.39 is 0 Å². The van der Waals surface area contributed by atoms with E-state index in [0.29, 0.717) is 6.04 Å². The summed E-state index contributed by atoms with van der Waals surface area (Å²) in [5.74, 6) is 0. The summed E-state index contributed by atoms with van der Waals surface area (Å²) in [4.78, 5) is 10.2. The Kier molecular flexibility index (Phi) is 3.68. The Morgan fingerprint density at radius 3 is 2.94 bits per heavy atom. The van der Waals surface area contributed by atoms with Gasteiger partial charge in [-0.15, -0.1) is 22.7 Å². The first-order valence-corrected chi connectivity index (χ1v) is 7.07. The Bertz CT molecular complexity index is 448. The van der Waals surface area contributed by atoms with Gasteiger partial charge in [0.15, 0.2) is 0 Å². The molecule has 0 saturated heterocycles. The molecule has 0 fully saturated rings. The summed E-state index contributed by atoms with van der Waals surface area (Å²) >= 11 is 3.34. The lowest BCUT2D eigenvalue weighted by atomic mass is 10.2. The molecule has 0 radical (unpaired) electrons. The van der Waals surface area contributed by atoms with Crippen LogP contribution in [0.2, 0.25) is 0 Å². The van der Waals surface area contributed by atoms with E-state index >= 15 is 0 Å². The quantitative estimate of drug-likeness (QED) is 0.909. The lowest BCUT2D eigenvalue weighted by Gasteiger charge is -2.09. The Morgan fingerprint density at radius 2 is 2.31 bits per heavy atom. The van der Waals surface area contributed by atoms with Gasteiger partial charge in [0.25, 0.3) is 0 Å². The maximum atomic E-state index is 4.58. The van der Waals surface area contributed by atoms with E-state index in [4.69, 9.17) is 0 Å². The first-order chi connectivity index (χ1) is 7.72. The van der Waals surface area contributed by atoms with Crippen molar-refractivity contribution in [3.63, 3.8) is 0 Å². The summed E-state index contributed by atoms with van der Waals surface area (Å²) in [5, 5.41) is 6.48. The fraction of sp³-hybridized carbons (Fsp3) is 0.455. The van der Waals surface area contributed by atoms with Crippen molar-refractivity contribution < 1.29 is 0 Å². The SMILES string of the molecule is CCNC(C)c1sc(-c2cscn2)nc1C. The lowest BCUT2D eigenvalue weighted by molar-refractivity contribution is 0.603. The Morgan fingerprint density at radius 1 is 1.50 bits per heavy atom. The van der Waals surface area contributed by atoms with Crippen LogP contribution in [0, 0.1) is 6.92 Å². The molecular formula is C11H15N3S2. The summed E-state index contributed by atoms with van der Waals surface area (Å²) in [6, 6.07) is 0.370. The normalized spacial score (nSPS) is 12.9. The van der Waals surface area contributed by atoms with Gasteiger partial charge in [0.1, 0.15) is 10.7 Å². The first-order valence-electron chi connectivity index (χ1n) is 5.31. The third-order valence-corrected chi connectivity index (χ3v) is 4.34. The standard InChI is InChI=1S/C11H15N3S2/c1-4-12-7(2)10-8(3)14-11(16-10)9-5-15-6-13-9/h5-7,12H,4H2,1-3H3. The van der Waals surface area contributed by atoms with E-state index in [1.807, 2.05) is 10.9 Å². The number of hydrogen-bond acceptors (Lipinski definition) is 5. The minimum Gasteiger partial charge on any atom is -0.310 e. The van der Waals surface area contributed by atoms with Gasteiger partial charge in [0, 0.05) is 16.3 Å². The smallest absolute Gasteiger partial charge is 0.143 e. The van der Waals surface area contributed by atoms with Gasteiger partial charge in [-0.05, 0) is 20.4 Å². The second-order valence-corrected chi connectivity index (χ2v) is 5.37. The Balaban J connectivity index is 2.28. The number of rotatable bonds is 4. The predicted octanol–water partition coefficient (Wildman–Crippen LogP) is 3.25. The van der Waals surface area contributed by atoms with Crippen LogP contribution >= 0.6 is 22.7 Å². The minimum atomic E-state index is 0.370. The molecular weight excluding hydrogens is 238 g/mol. The van der Waals surface area contributed by atoms with Gasteiger partial charge >= 0.3 is 0 Å². The number of aryl methyl sites for hydroxylation is 1. The molecule has 1 N–H and O–H groups in total. The van der Waals surface area contributed by atoms with Crippen LogP contribution in [0.3, 0.4) is 0 Å². The summed E-state index contributed by atoms with van der Waals surface area (Å²) in [5.41, 5.74) is 3.95. The molecule has 0 aliphatic rings. The number of nitrogens with zero attached hydrogens (tertiary/aromatic N) is 2. The van der Waals surface area contributed by atoms with Crippen LogP contribution in [0.1, 0.15) is 30.5 Å². The summed E-state index contributed by atoms with van der Waals surface area (Å²) in [7, 11) is 0. The largest absolute Gasteiger partial charge is 0.310 e. The van der Waals surface area contributed by atoms with Gasteiger partial charge in [0.2, 0.25) is 0 Å². The van der Waals surface area contributed by atoms with Crippen molar-refractivity contribution in [2.75, 3.05) is 6.54 Å². The molecule has 2 aromatic heterocycles. The van der Waals surface area contributed by atoms with Crippen molar-refractivity contribution >= 4 is 22.7 Å². The fourth-order valence-corrected chi connectivity index (χ4v) is 3.31. The maximum Gasteiger partial charge on any atom is 0.143 e. The van der Waals surface area contributed by atoms with Crippen LogP contribution < -0.4 is 5.32 Å². The molecule has 2 rings (SSSR count). The molecule has 0 bridgehead atoms. The van der Waals surface area contributed by atoms with Crippen molar-refractivity contribution in [3.05, 3.63) is 21.5 Å². The van der Waals surface area contributed by atoms with E-state index in [2.05, 4.69) is 36.1 Å². The van der Waals surface area contributed by atoms with E-state index in [-0.39, 0.29) is 0 Å². The van der Waals surface area contributed by atoms with Gasteiger partial charge in [-0.1, -0.05) is 6.92 Å². The van der Waals surface area contributed by atoms with Crippen LogP contribution in [0.4, 0.5) is 0 Å². The van der Waals surface area contributed by atoms with Crippen molar-refractivity contribution in [2.45, 2.75) is 26.8 Å². The highest BCUT2D eigenvalue weighted by molar-refractivity contribution is 7.15. The average Bonchev–Trinajstić information content (AvgIpc) is 2.86. The first kappa shape index (κ1) is 11.7. The van der Waals surface area contributed by atoms with E-state index in [9.17, 15) is 0 Å². The second-order valence-electron chi connectivity index (χ2n) is 3.62. The molecule has 3 nitrogen and oxygen atoms in total. The van der Waals surface area contributed by atoms with Crippen molar-refractivity contribution in [1.82, 2.24) is 15.3 Å². The second kappa shape index (κ2) is 5.03. The Labute approximate surface area is 104 Å². The zero-order valence-electron chi connectivity index (χ0n) is 9.65. The molecule has 0 saturated carbocycles. The molecule has 0 aromatic carbocycles. The molecule has 0 aliphatic carbocycles. The van der Waals surface area contributed by atoms with Crippen molar-refractivity contribution in [1.29, 1.82) is 0 Å². The zero-order valence-corrected chi connectivity index (χ0v) is 11.3. The summed E-state index contributed by atoms with van der Waals surface area (Å²) in [6.45, 7) is 7.34. The molecule has 2 aromatic rings. The van der Waals surface area contributed by atoms with Crippen molar-refractivity contribution in [2.24, 2.45) is 0 Å². The number of aromatic nitrogens is 2. The molecule has 16 heavy (non-hydrogen) atoms. The highest BCUT2D eigenvalue weighted by Crippen LogP contribution is 2.31. The average molecular weight is 253 g/mol. The van der Waals surface area contributed by atoms with Gasteiger partial charge < -0.3 is 5.32 Å². The molecule has 0 aliphatic heterocycles. The van der Waals surface area contributed by atoms with Gasteiger partial charge in [-0.2, -0.15) is 0 Å². The van der Waals surface area contributed by atoms with Crippen LogP contribution in [0.15, 0.2) is 10.9 Å². The molecule has 2 heterocycles. The van der Waals surface area contributed by atoms with E-state index in [1.54, 1.807) is 22.7 Å². The van der Waals surface area contributed by atoms with Gasteiger partial charge in [-0.25, -0.2) is 9.97 Å². The maximum absolute atomic E-state index is 4.58. The van der Waals surface area contributed by atoms with Crippen LogP contribution in [-0.4, -0.2) is 16.5 Å². The molecule has 86 valence electrons. The molecule has 1 atom stereocenters.